The molecule has 5 nitrogen and oxygen atoms in total. The van der Waals surface area contributed by atoms with Crippen LogP contribution in [0, 0.1) is 5.92 Å². The molecule has 0 saturated heterocycles. The molecule has 3 rings (SSSR count). The molecule has 0 amide bonds. The van der Waals surface area contributed by atoms with Crippen molar-refractivity contribution in [2.75, 3.05) is 19.5 Å². The minimum atomic E-state index is 0.525. The first kappa shape index (κ1) is 17.7. The molecule has 1 aromatic carbocycles. The molecule has 134 valence electrons. The zero-order chi connectivity index (χ0) is 17.8. The van der Waals surface area contributed by atoms with Gasteiger partial charge in [-0.3, -0.25) is 0 Å². The Morgan fingerprint density at radius 3 is 2.68 bits per heavy atom. The number of para-hydroxylation sites is 1. The molecular formula is C20H28N4O. The third-order valence-corrected chi connectivity index (χ3v) is 4.49. The number of nitrogens with zero attached hydrogens (tertiary/aromatic N) is 3. The van der Waals surface area contributed by atoms with Gasteiger partial charge in [-0.2, -0.15) is 0 Å². The van der Waals surface area contributed by atoms with Crippen molar-refractivity contribution in [3.63, 3.8) is 0 Å². The van der Waals surface area contributed by atoms with Crippen LogP contribution in [0.4, 0.5) is 5.82 Å². The number of fused-ring (bicyclic) bond motifs is 3. The molecular weight excluding hydrogens is 312 g/mol. The van der Waals surface area contributed by atoms with E-state index in [2.05, 4.69) is 35.5 Å². The molecule has 2 N–H and O–H groups in total. The quantitative estimate of drug-likeness (QED) is 0.625. The smallest absolute Gasteiger partial charge is 0.152 e. The summed E-state index contributed by atoms with van der Waals surface area (Å²) in [6.45, 7) is 6.24. The van der Waals surface area contributed by atoms with Gasteiger partial charge in [0.15, 0.2) is 5.82 Å². The van der Waals surface area contributed by atoms with Crippen LogP contribution in [0.1, 0.15) is 38.9 Å². The Bertz CT molecular complexity index is 854. The Balaban J connectivity index is 2.03. The zero-order valence-electron chi connectivity index (χ0n) is 15.5. The Labute approximate surface area is 149 Å². The van der Waals surface area contributed by atoms with E-state index in [-0.39, 0.29) is 0 Å². The fraction of sp³-hybridized carbons (Fsp3) is 0.500. The van der Waals surface area contributed by atoms with Gasteiger partial charge in [-0.1, -0.05) is 38.5 Å². The van der Waals surface area contributed by atoms with Crippen LogP contribution in [-0.2, 0) is 17.7 Å². The van der Waals surface area contributed by atoms with Crippen LogP contribution in [0.5, 0.6) is 0 Å². The van der Waals surface area contributed by atoms with Crippen molar-refractivity contribution in [1.29, 1.82) is 0 Å². The second kappa shape index (κ2) is 7.83. The summed E-state index contributed by atoms with van der Waals surface area (Å²) in [6, 6.07) is 8.19. The molecule has 0 fully saturated rings. The molecule has 0 aliphatic rings. The lowest BCUT2D eigenvalue weighted by Crippen LogP contribution is -2.09. The van der Waals surface area contributed by atoms with Crippen LogP contribution in [0.3, 0.4) is 0 Å². The highest BCUT2D eigenvalue weighted by atomic mass is 16.5. The Kier molecular flexibility index (Phi) is 5.53. The molecule has 0 saturated carbocycles. The van der Waals surface area contributed by atoms with Gasteiger partial charge in [0.1, 0.15) is 11.3 Å². The average Bonchev–Trinajstić information content (AvgIpc) is 2.94. The molecule has 0 unspecified atom stereocenters. The van der Waals surface area contributed by atoms with Gasteiger partial charge in [0.25, 0.3) is 0 Å². The van der Waals surface area contributed by atoms with E-state index in [0.717, 1.165) is 66.6 Å². The Morgan fingerprint density at radius 1 is 1.12 bits per heavy atom. The topological polar surface area (TPSA) is 66.0 Å². The molecule has 3 aromatic rings. The number of rotatable bonds is 8. The van der Waals surface area contributed by atoms with Crippen LogP contribution in [0.2, 0.25) is 0 Å². The van der Waals surface area contributed by atoms with Crippen LogP contribution >= 0.6 is 0 Å². The van der Waals surface area contributed by atoms with Gasteiger partial charge in [-0.15, -0.1) is 0 Å². The maximum atomic E-state index is 6.23. The maximum absolute atomic E-state index is 6.23. The molecule has 0 atom stereocenters. The van der Waals surface area contributed by atoms with Crippen molar-refractivity contribution in [2.24, 2.45) is 5.92 Å². The van der Waals surface area contributed by atoms with E-state index in [9.17, 15) is 0 Å². The monoisotopic (exact) mass is 340 g/mol. The maximum Gasteiger partial charge on any atom is 0.152 e. The highest BCUT2D eigenvalue weighted by Gasteiger charge is 2.17. The summed E-state index contributed by atoms with van der Waals surface area (Å²) in [4.78, 5) is 9.42. The molecule has 25 heavy (non-hydrogen) atoms. The van der Waals surface area contributed by atoms with Gasteiger partial charge in [-0.05, 0) is 24.8 Å². The number of pyridine rings is 1. The Hall–Kier alpha value is -2.14. The van der Waals surface area contributed by atoms with E-state index in [0.29, 0.717) is 11.7 Å². The van der Waals surface area contributed by atoms with Gasteiger partial charge in [-0.25, -0.2) is 9.97 Å². The van der Waals surface area contributed by atoms with Crippen LogP contribution in [-0.4, -0.2) is 28.3 Å². The van der Waals surface area contributed by atoms with Crippen molar-refractivity contribution in [2.45, 2.75) is 46.1 Å². The first-order valence-electron chi connectivity index (χ1n) is 9.14. The minimum Gasteiger partial charge on any atom is -0.385 e. The number of anilines is 1. The number of hydrogen-bond donors (Lipinski definition) is 1. The van der Waals surface area contributed by atoms with E-state index in [1.54, 1.807) is 7.11 Å². The number of benzene rings is 1. The molecule has 0 aliphatic carbocycles. The lowest BCUT2D eigenvalue weighted by Gasteiger charge is -2.13. The summed E-state index contributed by atoms with van der Waals surface area (Å²) < 4.78 is 7.49. The molecule has 0 bridgehead atoms. The summed E-state index contributed by atoms with van der Waals surface area (Å²) in [6.07, 6.45) is 4.30. The van der Waals surface area contributed by atoms with E-state index in [1.165, 1.54) is 0 Å². The minimum absolute atomic E-state index is 0.525. The number of ether oxygens (including phenoxy) is 1. The number of nitrogens with two attached hydrogens (primary N) is 1. The van der Waals surface area contributed by atoms with Crippen molar-refractivity contribution >= 4 is 27.8 Å². The van der Waals surface area contributed by atoms with Crippen molar-refractivity contribution < 1.29 is 4.74 Å². The summed E-state index contributed by atoms with van der Waals surface area (Å²) in [5.74, 6) is 2.18. The highest BCUT2D eigenvalue weighted by molar-refractivity contribution is 6.06. The number of imidazole rings is 1. The van der Waals surface area contributed by atoms with Crippen molar-refractivity contribution in [1.82, 2.24) is 14.5 Å². The van der Waals surface area contributed by atoms with Gasteiger partial charge >= 0.3 is 0 Å². The number of aromatic nitrogens is 3. The standard InChI is InChI=1S/C20H28N4O/c1-14(2)13-24-17(11-5-4-8-12-25-3)23-18-19(24)15-9-6-7-10-16(15)22-20(18)21/h6-7,9-10,14H,4-5,8,11-13H2,1-3H3,(H2,21,22). The summed E-state index contributed by atoms with van der Waals surface area (Å²) in [5, 5.41) is 1.13. The largest absolute Gasteiger partial charge is 0.385 e. The number of unbranched alkanes of at least 4 members (excludes halogenated alkanes) is 2. The van der Waals surface area contributed by atoms with E-state index < -0.39 is 0 Å². The number of nitrogen functional groups attached to an aromatic ring is 1. The van der Waals surface area contributed by atoms with Crippen molar-refractivity contribution in [3.8, 4) is 0 Å². The zero-order valence-corrected chi connectivity index (χ0v) is 15.5. The van der Waals surface area contributed by atoms with E-state index in [4.69, 9.17) is 15.5 Å². The fourth-order valence-electron chi connectivity index (χ4n) is 3.36. The third kappa shape index (κ3) is 3.76. The predicted octanol–water partition coefficient (Wildman–Crippen LogP) is 4.18. The number of hydrogen-bond acceptors (Lipinski definition) is 4. The molecule has 0 spiro atoms. The third-order valence-electron chi connectivity index (χ3n) is 4.49. The molecule has 2 heterocycles. The van der Waals surface area contributed by atoms with Gasteiger partial charge < -0.3 is 15.0 Å². The SMILES string of the molecule is COCCCCCc1nc2c(N)nc3ccccc3c2n1CC(C)C. The summed E-state index contributed by atoms with van der Waals surface area (Å²) in [7, 11) is 1.75. The lowest BCUT2D eigenvalue weighted by atomic mass is 10.1. The fourth-order valence-corrected chi connectivity index (χ4v) is 3.36. The number of aryl methyl sites for hydroxylation is 1. The second-order valence-corrected chi connectivity index (χ2v) is 7.05. The van der Waals surface area contributed by atoms with Gasteiger partial charge in [0.2, 0.25) is 0 Å². The van der Waals surface area contributed by atoms with E-state index in [1.807, 2.05) is 12.1 Å². The Morgan fingerprint density at radius 2 is 1.92 bits per heavy atom. The van der Waals surface area contributed by atoms with Gasteiger partial charge in [0.05, 0.1) is 11.0 Å². The van der Waals surface area contributed by atoms with Gasteiger partial charge in [0, 0.05) is 32.1 Å². The van der Waals surface area contributed by atoms with Crippen LogP contribution in [0.25, 0.3) is 21.9 Å². The summed E-state index contributed by atoms with van der Waals surface area (Å²) in [5.41, 5.74) is 9.13. The first-order chi connectivity index (χ1) is 12.1. The van der Waals surface area contributed by atoms with Crippen molar-refractivity contribution in [3.05, 3.63) is 30.1 Å². The molecule has 0 radical (unpaired) electrons. The number of methoxy groups -OCH3 is 1. The second-order valence-electron chi connectivity index (χ2n) is 7.05. The highest BCUT2D eigenvalue weighted by Crippen LogP contribution is 2.29. The molecule has 0 aliphatic heterocycles. The summed E-state index contributed by atoms with van der Waals surface area (Å²) >= 11 is 0. The van der Waals surface area contributed by atoms with Crippen LogP contribution in [0.15, 0.2) is 24.3 Å². The normalized spacial score (nSPS) is 11.8. The van der Waals surface area contributed by atoms with E-state index >= 15 is 0 Å². The molecule has 2 aromatic heterocycles. The lowest BCUT2D eigenvalue weighted by molar-refractivity contribution is 0.192. The average molecular weight is 340 g/mol. The molecule has 5 heteroatoms. The predicted molar refractivity (Wildman–Crippen MR) is 104 cm³/mol. The van der Waals surface area contributed by atoms with Crippen LogP contribution < -0.4 is 5.73 Å². The first-order valence-corrected chi connectivity index (χ1v) is 9.14.